The van der Waals surface area contributed by atoms with Gasteiger partial charge >= 0.3 is 0 Å². The summed E-state index contributed by atoms with van der Waals surface area (Å²) in [5.41, 5.74) is -1.06. The van der Waals surface area contributed by atoms with Crippen molar-refractivity contribution in [1.82, 2.24) is 10.1 Å². The van der Waals surface area contributed by atoms with Crippen molar-refractivity contribution >= 4 is 17.7 Å². The van der Waals surface area contributed by atoms with Crippen molar-refractivity contribution in [3.8, 4) is 0 Å². The van der Waals surface area contributed by atoms with E-state index in [0.29, 0.717) is 10.7 Å². The molecule has 0 amide bonds. The number of hydrogen-bond acceptors (Lipinski definition) is 4. The Morgan fingerprint density at radius 3 is 2.43 bits per heavy atom. The summed E-state index contributed by atoms with van der Waals surface area (Å²) in [5, 5.41) is 27.1. The molecule has 1 fully saturated rings. The maximum atomic E-state index is 12.6. The molecule has 0 spiro atoms. The number of hydrogen-bond donors (Lipinski definition) is 1. The van der Waals surface area contributed by atoms with Gasteiger partial charge in [-0.2, -0.15) is 5.06 Å². The summed E-state index contributed by atoms with van der Waals surface area (Å²) in [6.45, 7) is 7.25. The van der Waals surface area contributed by atoms with Crippen LogP contribution in [0.5, 0.6) is 0 Å². The molecular weight excluding hydrogens is 290 g/mol. The molecule has 21 heavy (non-hydrogen) atoms. The molecule has 0 saturated carbocycles. The first-order chi connectivity index (χ1) is 9.66. The summed E-state index contributed by atoms with van der Waals surface area (Å²) in [6.07, 6.45) is 1.77. The van der Waals surface area contributed by atoms with Crippen LogP contribution in [0.4, 0.5) is 0 Å². The molecule has 0 aliphatic carbocycles. The molecule has 111 valence electrons. The van der Waals surface area contributed by atoms with E-state index in [1.165, 1.54) is 0 Å². The molecule has 6 heteroatoms. The predicted octanol–water partition coefficient (Wildman–Crippen LogP) is 1.83. The molecule has 1 saturated heterocycles. The molecule has 1 N–H and O–H groups in total. The molecule has 1 radical (unpaired) electrons. The number of halogens is 1. The second-order valence-corrected chi connectivity index (χ2v) is 6.83. The summed E-state index contributed by atoms with van der Waals surface area (Å²) >= 11 is 5.97. The van der Waals surface area contributed by atoms with E-state index in [9.17, 15) is 10.4 Å². The Morgan fingerprint density at radius 1 is 1.19 bits per heavy atom. The Labute approximate surface area is 128 Å². The van der Waals surface area contributed by atoms with Crippen molar-refractivity contribution in [1.29, 1.82) is 0 Å². The average molecular weight is 307 g/mol. The average Bonchev–Trinajstić information content (AvgIpc) is 2.84. The summed E-state index contributed by atoms with van der Waals surface area (Å²) in [7, 11) is 0. The van der Waals surface area contributed by atoms with Crippen molar-refractivity contribution in [2.45, 2.75) is 38.8 Å². The quantitative estimate of drug-likeness (QED) is 0.795. The topological polar surface area (TPSA) is 59.0 Å². The number of nitrogens with zero attached hydrogens (tertiary/aromatic N) is 3. The van der Waals surface area contributed by atoms with Crippen molar-refractivity contribution < 1.29 is 10.4 Å². The molecular formula is C15H17ClN3O2. The summed E-state index contributed by atoms with van der Waals surface area (Å²) in [5.74, 6) is 0.164. The third-order valence-corrected chi connectivity index (χ3v) is 4.91. The minimum absolute atomic E-state index is 0.164. The smallest absolute Gasteiger partial charge is 0.183 e. The van der Waals surface area contributed by atoms with Crippen LogP contribution in [-0.4, -0.2) is 26.4 Å². The van der Waals surface area contributed by atoms with Crippen LogP contribution in [0.15, 0.2) is 34.7 Å². The highest BCUT2D eigenvalue weighted by atomic mass is 35.5. The second kappa shape index (κ2) is 4.22. The molecule has 2 heterocycles. The van der Waals surface area contributed by atoms with Gasteiger partial charge in [-0.25, -0.2) is 10.1 Å². The van der Waals surface area contributed by atoms with Gasteiger partial charge in [0.15, 0.2) is 5.82 Å². The van der Waals surface area contributed by atoms with Crippen LogP contribution in [0.25, 0.3) is 6.08 Å². The van der Waals surface area contributed by atoms with Crippen molar-refractivity contribution in [2.24, 2.45) is 4.99 Å². The van der Waals surface area contributed by atoms with E-state index < -0.39 is 11.1 Å². The molecule has 0 bridgehead atoms. The molecule has 0 unspecified atom stereocenters. The van der Waals surface area contributed by atoms with Gasteiger partial charge in [0.05, 0.1) is 16.4 Å². The normalized spacial score (nSPS) is 25.7. The maximum absolute atomic E-state index is 12.6. The molecule has 2 aliphatic heterocycles. The van der Waals surface area contributed by atoms with Gasteiger partial charge in [0.1, 0.15) is 5.70 Å². The lowest BCUT2D eigenvalue weighted by atomic mass is 9.84. The minimum atomic E-state index is -0.778. The molecule has 1 aromatic rings. The number of allylic oxidation sites excluding steroid dienone is 1. The first kappa shape index (κ1) is 14.4. The van der Waals surface area contributed by atoms with Gasteiger partial charge in [0.2, 0.25) is 0 Å². The van der Waals surface area contributed by atoms with E-state index in [-0.39, 0.29) is 5.82 Å². The highest BCUT2D eigenvalue weighted by Gasteiger charge is 2.57. The standard InChI is InChI=1S/C15H17ClN3O2/c1-14(2)15(3,4)19(21)13(18(14)20)12-8-9-7-10(16)5-6-11(9)17-12/h5-8,20H,1-4H3/b13-12+. The highest BCUT2D eigenvalue weighted by molar-refractivity contribution is 6.30. The third-order valence-electron chi connectivity index (χ3n) is 4.68. The fourth-order valence-corrected chi connectivity index (χ4v) is 2.68. The largest absolute Gasteiger partial charge is 0.286 e. The van der Waals surface area contributed by atoms with E-state index in [2.05, 4.69) is 4.99 Å². The first-order valence-electron chi connectivity index (χ1n) is 6.73. The summed E-state index contributed by atoms with van der Waals surface area (Å²) in [4.78, 5) is 4.43. The molecule has 0 atom stereocenters. The van der Waals surface area contributed by atoms with Crippen molar-refractivity contribution in [2.75, 3.05) is 0 Å². The third kappa shape index (κ3) is 1.81. The molecule has 1 aromatic carbocycles. The van der Waals surface area contributed by atoms with E-state index >= 15 is 0 Å². The fourth-order valence-electron chi connectivity index (χ4n) is 2.50. The highest BCUT2D eigenvalue weighted by Crippen LogP contribution is 2.44. The zero-order valence-corrected chi connectivity index (χ0v) is 13.1. The zero-order chi connectivity index (χ0) is 15.6. The predicted molar refractivity (Wildman–Crippen MR) is 78.0 cm³/mol. The van der Waals surface area contributed by atoms with Gasteiger partial charge in [0.25, 0.3) is 0 Å². The lowest BCUT2D eigenvalue weighted by Gasteiger charge is -2.36. The second-order valence-electron chi connectivity index (χ2n) is 6.39. The van der Waals surface area contributed by atoms with Crippen molar-refractivity contribution in [3.63, 3.8) is 0 Å². The Morgan fingerprint density at radius 2 is 1.86 bits per heavy atom. The number of fused-ring (bicyclic) bond motifs is 1. The fraction of sp³-hybridized carbons (Fsp3) is 0.400. The zero-order valence-electron chi connectivity index (χ0n) is 12.4. The number of rotatable bonds is 0. The van der Waals surface area contributed by atoms with Gasteiger partial charge in [-0.3, -0.25) is 5.21 Å². The maximum Gasteiger partial charge on any atom is 0.183 e. The summed E-state index contributed by atoms with van der Waals surface area (Å²) < 4.78 is 0. The van der Waals surface area contributed by atoms with Crippen LogP contribution < -0.4 is 10.6 Å². The number of hydroxylamine groups is 4. The SMILES string of the molecule is CC1(C)N([O])/C(=C2\C=c3cc(Cl)ccc3=N2)N(O)C1(C)C. The lowest BCUT2D eigenvalue weighted by molar-refractivity contribution is -0.181. The Bertz CT molecular complexity index is 746. The Kier molecular flexibility index (Phi) is 2.89. The first-order valence-corrected chi connectivity index (χ1v) is 7.11. The summed E-state index contributed by atoms with van der Waals surface area (Å²) in [6, 6.07) is 5.33. The molecule has 2 aliphatic rings. The van der Waals surface area contributed by atoms with Gasteiger partial charge in [-0.05, 0) is 52.0 Å². The van der Waals surface area contributed by atoms with Gasteiger partial charge in [-0.1, -0.05) is 16.8 Å². The molecule has 0 aromatic heterocycles. The van der Waals surface area contributed by atoms with E-state index in [1.54, 1.807) is 38.1 Å². The van der Waals surface area contributed by atoms with Gasteiger partial charge in [-0.15, -0.1) is 0 Å². The van der Waals surface area contributed by atoms with Crippen LogP contribution in [0.1, 0.15) is 27.7 Å². The monoisotopic (exact) mass is 306 g/mol. The van der Waals surface area contributed by atoms with Crippen LogP contribution in [0.3, 0.4) is 0 Å². The lowest BCUT2D eigenvalue weighted by Crippen LogP contribution is -2.52. The number of benzene rings is 1. The van der Waals surface area contributed by atoms with Gasteiger partial charge in [0, 0.05) is 10.2 Å². The van der Waals surface area contributed by atoms with E-state index in [0.717, 1.165) is 20.7 Å². The van der Waals surface area contributed by atoms with Crippen LogP contribution in [-0.2, 0) is 5.21 Å². The molecule has 5 nitrogen and oxygen atoms in total. The minimum Gasteiger partial charge on any atom is -0.286 e. The molecule has 3 rings (SSSR count). The van der Waals surface area contributed by atoms with Crippen LogP contribution >= 0.6 is 11.6 Å². The Balaban J connectivity index is 2.22. The van der Waals surface area contributed by atoms with Crippen LogP contribution in [0, 0.1) is 0 Å². The van der Waals surface area contributed by atoms with Crippen LogP contribution in [0.2, 0.25) is 5.02 Å². The van der Waals surface area contributed by atoms with Gasteiger partial charge < -0.3 is 0 Å². The van der Waals surface area contributed by atoms with E-state index in [4.69, 9.17) is 11.6 Å². The van der Waals surface area contributed by atoms with E-state index in [1.807, 2.05) is 13.8 Å². The Hall–Kier alpha value is -1.56. The van der Waals surface area contributed by atoms with Crippen molar-refractivity contribution in [3.05, 3.63) is 45.3 Å².